The number of aryl methyl sites for hydroxylation is 1. The van der Waals surface area contributed by atoms with Crippen LogP contribution in [0.1, 0.15) is 11.1 Å². The third kappa shape index (κ3) is 4.93. The predicted molar refractivity (Wildman–Crippen MR) is 105 cm³/mol. The van der Waals surface area contributed by atoms with Gasteiger partial charge in [-0.25, -0.2) is 0 Å². The van der Waals surface area contributed by atoms with Gasteiger partial charge < -0.3 is 14.4 Å². The van der Waals surface area contributed by atoms with Gasteiger partial charge in [0.15, 0.2) is 6.61 Å². The van der Waals surface area contributed by atoms with Crippen LogP contribution >= 0.6 is 15.9 Å². The van der Waals surface area contributed by atoms with E-state index in [0.29, 0.717) is 32.1 Å². The van der Waals surface area contributed by atoms with E-state index in [1.165, 1.54) is 0 Å². The molecule has 0 aliphatic carbocycles. The van der Waals surface area contributed by atoms with Crippen LogP contribution in [-0.2, 0) is 9.53 Å². The number of para-hydroxylation sites is 1. The van der Waals surface area contributed by atoms with Gasteiger partial charge in [-0.15, -0.1) is 0 Å². The highest BCUT2D eigenvalue weighted by molar-refractivity contribution is 9.10. The molecule has 0 radical (unpaired) electrons. The zero-order chi connectivity index (χ0) is 18.4. The highest BCUT2D eigenvalue weighted by Gasteiger charge is 2.17. The molecule has 3 rings (SSSR count). The van der Waals surface area contributed by atoms with Crippen LogP contribution in [0.3, 0.4) is 0 Å². The summed E-state index contributed by atoms with van der Waals surface area (Å²) in [5, 5.41) is 0. The van der Waals surface area contributed by atoms with Crippen LogP contribution in [0, 0.1) is 6.92 Å². The summed E-state index contributed by atoms with van der Waals surface area (Å²) in [5.74, 6) is 0.616. The number of benzene rings is 2. The minimum absolute atomic E-state index is 0.0228. The first-order chi connectivity index (χ1) is 12.6. The van der Waals surface area contributed by atoms with Crippen molar-refractivity contribution in [1.82, 2.24) is 4.90 Å². The number of nitrogens with zero attached hydrogens (tertiary/aromatic N) is 2. The van der Waals surface area contributed by atoms with E-state index in [4.69, 9.17) is 9.47 Å². The summed E-state index contributed by atoms with van der Waals surface area (Å²) in [7, 11) is 0. The van der Waals surface area contributed by atoms with Crippen LogP contribution in [-0.4, -0.2) is 49.9 Å². The van der Waals surface area contributed by atoms with E-state index >= 15 is 0 Å². The molecule has 136 valence electrons. The number of aliphatic imine (C=N–C) groups is 1. The molecule has 0 spiro atoms. The van der Waals surface area contributed by atoms with E-state index in [1.54, 1.807) is 4.90 Å². The SMILES string of the molecule is Cc1ccccc1N=Cc1ccc(OCC(=O)N2CCOCC2)c(Br)c1. The van der Waals surface area contributed by atoms with Gasteiger partial charge in [-0.3, -0.25) is 9.79 Å². The average Bonchev–Trinajstić information content (AvgIpc) is 2.67. The highest BCUT2D eigenvalue weighted by Crippen LogP contribution is 2.26. The lowest BCUT2D eigenvalue weighted by molar-refractivity contribution is -0.137. The lowest BCUT2D eigenvalue weighted by atomic mass is 10.2. The van der Waals surface area contributed by atoms with Gasteiger partial charge >= 0.3 is 0 Å². The van der Waals surface area contributed by atoms with Gasteiger partial charge in [-0.1, -0.05) is 18.2 Å². The first-order valence-electron chi connectivity index (χ1n) is 8.51. The Morgan fingerprint density at radius 2 is 2.04 bits per heavy atom. The lowest BCUT2D eigenvalue weighted by Gasteiger charge is -2.26. The molecule has 0 N–H and O–H groups in total. The molecular weight excluding hydrogens is 396 g/mol. The standard InChI is InChI=1S/C20H21BrN2O3/c1-15-4-2-3-5-18(15)22-13-16-6-7-19(17(21)12-16)26-14-20(24)23-8-10-25-11-9-23/h2-7,12-13H,8-11,14H2,1H3. The summed E-state index contributed by atoms with van der Waals surface area (Å²) >= 11 is 3.50. The zero-order valence-corrected chi connectivity index (χ0v) is 16.2. The predicted octanol–water partition coefficient (Wildman–Crippen LogP) is 3.75. The molecule has 0 saturated carbocycles. The zero-order valence-electron chi connectivity index (χ0n) is 14.7. The van der Waals surface area contributed by atoms with Gasteiger partial charge in [0, 0.05) is 19.3 Å². The third-order valence-corrected chi connectivity index (χ3v) is 4.76. The van der Waals surface area contributed by atoms with Crippen molar-refractivity contribution < 1.29 is 14.3 Å². The second-order valence-electron chi connectivity index (χ2n) is 6.02. The molecule has 5 nitrogen and oxygen atoms in total. The second-order valence-corrected chi connectivity index (χ2v) is 6.87. The number of halogens is 1. The number of carbonyl (C=O) groups is 1. The Kier molecular flexibility index (Phi) is 6.41. The van der Waals surface area contributed by atoms with Crippen molar-refractivity contribution in [1.29, 1.82) is 0 Å². The molecule has 1 saturated heterocycles. The summed E-state index contributed by atoms with van der Waals surface area (Å²) in [4.78, 5) is 18.4. The van der Waals surface area contributed by atoms with E-state index in [9.17, 15) is 4.79 Å². The molecule has 1 aliphatic heterocycles. The molecule has 1 amide bonds. The van der Waals surface area contributed by atoms with Gasteiger partial charge in [0.25, 0.3) is 5.91 Å². The van der Waals surface area contributed by atoms with Crippen LogP contribution in [0.2, 0.25) is 0 Å². The molecule has 6 heteroatoms. The Morgan fingerprint density at radius 3 is 2.77 bits per heavy atom. The van der Waals surface area contributed by atoms with Crippen molar-refractivity contribution >= 4 is 33.7 Å². The molecule has 0 atom stereocenters. The fourth-order valence-electron chi connectivity index (χ4n) is 2.61. The summed E-state index contributed by atoms with van der Waals surface area (Å²) < 4.78 is 11.7. The van der Waals surface area contributed by atoms with Gasteiger partial charge in [0.2, 0.25) is 0 Å². The number of amides is 1. The summed E-state index contributed by atoms with van der Waals surface area (Å²) in [5.41, 5.74) is 3.02. The van der Waals surface area contributed by atoms with Gasteiger partial charge in [0.05, 0.1) is 23.4 Å². The fraction of sp³-hybridized carbons (Fsp3) is 0.300. The molecule has 0 bridgehead atoms. The number of carbonyl (C=O) groups excluding carboxylic acids is 1. The maximum Gasteiger partial charge on any atom is 0.260 e. The van der Waals surface area contributed by atoms with Crippen molar-refractivity contribution in [3.63, 3.8) is 0 Å². The quantitative estimate of drug-likeness (QED) is 0.697. The maximum absolute atomic E-state index is 12.1. The van der Waals surface area contributed by atoms with Crippen LogP contribution < -0.4 is 4.74 Å². The first kappa shape index (κ1) is 18.6. The number of hydrogen-bond donors (Lipinski definition) is 0. The lowest BCUT2D eigenvalue weighted by Crippen LogP contribution is -2.43. The Bertz CT molecular complexity index is 801. The minimum Gasteiger partial charge on any atom is -0.483 e. The summed E-state index contributed by atoms with van der Waals surface area (Å²) in [6.07, 6.45) is 1.82. The number of rotatable bonds is 5. The van der Waals surface area contributed by atoms with Gasteiger partial charge in [-0.2, -0.15) is 0 Å². The second kappa shape index (κ2) is 8.96. The Balaban J connectivity index is 1.60. The normalized spacial score (nSPS) is 14.6. The first-order valence-corrected chi connectivity index (χ1v) is 9.30. The van der Waals surface area contributed by atoms with Crippen molar-refractivity contribution in [2.45, 2.75) is 6.92 Å². The maximum atomic E-state index is 12.1. The monoisotopic (exact) mass is 416 g/mol. The van der Waals surface area contributed by atoms with Crippen LogP contribution in [0.5, 0.6) is 5.75 Å². The van der Waals surface area contributed by atoms with E-state index in [0.717, 1.165) is 21.3 Å². The molecule has 1 aliphatic rings. The average molecular weight is 417 g/mol. The Hall–Kier alpha value is -2.18. The van der Waals surface area contributed by atoms with Crippen LogP contribution in [0.15, 0.2) is 51.9 Å². The van der Waals surface area contributed by atoms with E-state index in [2.05, 4.69) is 20.9 Å². The van der Waals surface area contributed by atoms with E-state index < -0.39 is 0 Å². The molecule has 2 aromatic carbocycles. The molecule has 1 fully saturated rings. The number of morpholine rings is 1. The van der Waals surface area contributed by atoms with Crippen molar-refractivity contribution in [2.24, 2.45) is 4.99 Å². The number of hydrogen-bond acceptors (Lipinski definition) is 4. The molecule has 0 aromatic heterocycles. The van der Waals surface area contributed by atoms with Crippen LogP contribution in [0.4, 0.5) is 5.69 Å². The van der Waals surface area contributed by atoms with Crippen molar-refractivity contribution in [3.05, 3.63) is 58.1 Å². The fourth-order valence-corrected chi connectivity index (χ4v) is 3.12. The van der Waals surface area contributed by atoms with Gasteiger partial charge in [-0.05, 0) is 58.2 Å². The minimum atomic E-state index is -0.0228. The molecule has 0 unspecified atom stereocenters. The molecule has 1 heterocycles. The highest BCUT2D eigenvalue weighted by atomic mass is 79.9. The number of ether oxygens (including phenoxy) is 2. The Morgan fingerprint density at radius 1 is 1.27 bits per heavy atom. The Labute approximate surface area is 161 Å². The smallest absolute Gasteiger partial charge is 0.260 e. The van der Waals surface area contributed by atoms with Crippen LogP contribution in [0.25, 0.3) is 0 Å². The van der Waals surface area contributed by atoms with E-state index in [1.807, 2.05) is 55.6 Å². The third-order valence-electron chi connectivity index (χ3n) is 4.14. The summed E-state index contributed by atoms with van der Waals surface area (Å²) in [6.45, 7) is 4.48. The van der Waals surface area contributed by atoms with Crippen molar-refractivity contribution in [3.8, 4) is 5.75 Å². The largest absolute Gasteiger partial charge is 0.483 e. The topological polar surface area (TPSA) is 51.1 Å². The summed E-state index contributed by atoms with van der Waals surface area (Å²) in [6, 6.07) is 13.7. The molecule has 2 aromatic rings. The van der Waals surface area contributed by atoms with Gasteiger partial charge in [0.1, 0.15) is 5.75 Å². The van der Waals surface area contributed by atoms with Crippen molar-refractivity contribution in [2.75, 3.05) is 32.9 Å². The van der Waals surface area contributed by atoms with E-state index in [-0.39, 0.29) is 12.5 Å². The molecule has 26 heavy (non-hydrogen) atoms. The molecular formula is C20H21BrN2O3.